The number of carbonyl (C=O) groups excluding carboxylic acids is 1. The highest BCUT2D eigenvalue weighted by Gasteiger charge is 2.63. The molecule has 1 aliphatic heterocycles. The fourth-order valence-corrected chi connectivity index (χ4v) is 5.99. The Kier molecular flexibility index (Phi) is 5.83. The van der Waals surface area contributed by atoms with Gasteiger partial charge < -0.3 is 15.1 Å². The number of hydrogen-bond acceptors (Lipinski definition) is 3. The summed E-state index contributed by atoms with van der Waals surface area (Å²) in [6.45, 7) is 0.0680. The number of aliphatic carboxylic acids is 1. The molecule has 0 bridgehead atoms. The van der Waals surface area contributed by atoms with Crippen LogP contribution >= 0.6 is 0 Å². The summed E-state index contributed by atoms with van der Waals surface area (Å²) in [5, 5.41) is 19.7. The molecule has 184 valence electrons. The normalized spacial score (nSPS) is 26.7. The molecule has 2 N–H and O–H groups in total. The van der Waals surface area contributed by atoms with Crippen molar-refractivity contribution in [3.63, 3.8) is 0 Å². The fraction of sp³-hybridized carbons (Fsp3) is 0.423. The van der Waals surface area contributed by atoms with Crippen molar-refractivity contribution in [2.45, 2.75) is 63.2 Å². The largest absolute Gasteiger partial charge is 0.519 e. The van der Waals surface area contributed by atoms with Gasteiger partial charge in [-0.25, -0.2) is 8.78 Å². The van der Waals surface area contributed by atoms with Crippen molar-refractivity contribution in [2.24, 2.45) is 5.92 Å². The quantitative estimate of drug-likeness (QED) is 0.548. The number of carbonyl (C=O) groups is 3. The maximum Gasteiger partial charge on any atom is 0.519 e. The Labute approximate surface area is 201 Å². The van der Waals surface area contributed by atoms with E-state index in [0.717, 1.165) is 30.5 Å². The number of fused-ring (bicyclic) bond motifs is 2. The number of amides is 2. The van der Waals surface area contributed by atoms with Gasteiger partial charge in [-0.05, 0) is 25.3 Å². The highest BCUT2D eigenvalue weighted by atomic mass is 19.2. The number of rotatable bonds is 7. The van der Waals surface area contributed by atoms with Crippen molar-refractivity contribution in [3.8, 4) is 0 Å². The second-order valence-corrected chi connectivity index (χ2v) is 9.80. The molecule has 2 amide bonds. The van der Waals surface area contributed by atoms with E-state index in [-0.39, 0.29) is 42.9 Å². The number of hydrogen-bond donors (Lipinski definition) is 2. The van der Waals surface area contributed by atoms with Gasteiger partial charge in [-0.2, -0.15) is 9.28 Å². The van der Waals surface area contributed by atoms with E-state index in [2.05, 4.69) is 0 Å². The highest BCUT2D eigenvalue weighted by Crippen LogP contribution is 2.58. The molecule has 2 aromatic carbocycles. The standard InChI is InChI=1S/C26H26F2N2O5/c27-19-12-18-22(13-20(19)28)30(26(34)35,14-15-4-2-1-3-5-15)21-9-8-17(21)25(18)29(16-6-7-16)23(31)10-11-24(32)33/h1-5,12-13,16-17,21,25H,6-11,14H2,(H-,32,33,34,35)/p+1. The lowest BCUT2D eigenvalue weighted by Crippen LogP contribution is -2.70. The maximum atomic E-state index is 14.6. The minimum absolute atomic E-state index is 0.0680. The van der Waals surface area contributed by atoms with E-state index in [0.29, 0.717) is 18.4 Å². The molecule has 0 spiro atoms. The summed E-state index contributed by atoms with van der Waals surface area (Å²) in [5.41, 5.74) is 1.22. The molecule has 9 heteroatoms. The van der Waals surface area contributed by atoms with Crippen molar-refractivity contribution in [2.75, 3.05) is 0 Å². The van der Waals surface area contributed by atoms with Crippen LogP contribution in [-0.2, 0) is 16.1 Å². The summed E-state index contributed by atoms with van der Waals surface area (Å²) >= 11 is 0. The lowest BCUT2D eigenvalue weighted by Gasteiger charge is -2.57. The van der Waals surface area contributed by atoms with E-state index in [1.807, 2.05) is 18.2 Å². The number of carboxylic acid groups (broad SMARTS) is 2. The minimum Gasteiger partial charge on any atom is -0.481 e. The van der Waals surface area contributed by atoms with Crippen LogP contribution in [0.4, 0.5) is 19.3 Å². The number of nitrogens with zero attached hydrogens (tertiary/aromatic N) is 2. The first-order valence-electron chi connectivity index (χ1n) is 11.9. The van der Waals surface area contributed by atoms with E-state index in [1.165, 1.54) is 0 Å². The van der Waals surface area contributed by atoms with E-state index < -0.39 is 40.3 Å². The summed E-state index contributed by atoms with van der Waals surface area (Å²) in [7, 11) is 0. The average molecular weight is 486 g/mol. The van der Waals surface area contributed by atoms with E-state index >= 15 is 0 Å². The van der Waals surface area contributed by atoms with Crippen molar-refractivity contribution in [1.29, 1.82) is 0 Å². The molecule has 5 rings (SSSR count). The van der Waals surface area contributed by atoms with Gasteiger partial charge in [0.15, 0.2) is 17.3 Å². The van der Waals surface area contributed by atoms with Gasteiger partial charge in [0.2, 0.25) is 5.91 Å². The summed E-state index contributed by atoms with van der Waals surface area (Å²) < 4.78 is 28.7. The van der Waals surface area contributed by atoms with Gasteiger partial charge in [0, 0.05) is 42.0 Å². The zero-order chi connectivity index (χ0) is 24.9. The van der Waals surface area contributed by atoms with Crippen LogP contribution in [0.5, 0.6) is 0 Å². The topological polar surface area (TPSA) is 94.9 Å². The lowest BCUT2D eigenvalue weighted by molar-refractivity contribution is -0.144. The minimum atomic E-state index is -1.15. The predicted molar refractivity (Wildman–Crippen MR) is 122 cm³/mol. The molecule has 2 saturated carbocycles. The fourth-order valence-electron chi connectivity index (χ4n) is 5.99. The van der Waals surface area contributed by atoms with Crippen LogP contribution in [0.3, 0.4) is 0 Å². The van der Waals surface area contributed by atoms with E-state index in [9.17, 15) is 28.3 Å². The number of quaternary nitrogens is 1. The molecule has 2 aliphatic carbocycles. The molecule has 3 aliphatic rings. The Hall–Kier alpha value is -3.33. The molecule has 35 heavy (non-hydrogen) atoms. The Morgan fingerprint density at radius 1 is 0.943 bits per heavy atom. The van der Waals surface area contributed by atoms with Gasteiger partial charge in [0.05, 0.1) is 12.5 Å². The van der Waals surface area contributed by atoms with Gasteiger partial charge in [-0.1, -0.05) is 30.3 Å². The van der Waals surface area contributed by atoms with Gasteiger partial charge in [-0.15, -0.1) is 0 Å². The van der Waals surface area contributed by atoms with Gasteiger partial charge in [-0.3, -0.25) is 9.59 Å². The number of halogens is 2. The Balaban J connectivity index is 1.66. The highest BCUT2D eigenvalue weighted by molar-refractivity contribution is 5.86. The zero-order valence-corrected chi connectivity index (χ0v) is 19.1. The van der Waals surface area contributed by atoms with E-state index in [4.69, 9.17) is 5.11 Å². The third-order valence-corrected chi connectivity index (χ3v) is 7.78. The van der Waals surface area contributed by atoms with Gasteiger partial charge in [0.1, 0.15) is 12.6 Å². The molecule has 1 heterocycles. The monoisotopic (exact) mass is 485 g/mol. The third kappa shape index (κ3) is 3.87. The third-order valence-electron chi connectivity index (χ3n) is 7.78. The Morgan fingerprint density at radius 3 is 2.20 bits per heavy atom. The Morgan fingerprint density at radius 2 is 1.63 bits per heavy atom. The first-order valence-corrected chi connectivity index (χ1v) is 11.9. The molecular formula is C26H27F2N2O5+. The summed E-state index contributed by atoms with van der Waals surface area (Å²) in [6, 6.07) is 9.94. The molecule has 0 saturated heterocycles. The molecule has 0 aromatic heterocycles. The van der Waals surface area contributed by atoms with Crippen LogP contribution in [0.1, 0.15) is 55.7 Å². The van der Waals surface area contributed by atoms with Crippen LogP contribution in [0, 0.1) is 17.6 Å². The van der Waals surface area contributed by atoms with Crippen molar-refractivity contribution < 1.29 is 33.4 Å². The summed E-state index contributed by atoms with van der Waals surface area (Å²) in [6.07, 6.45) is 1.04. The van der Waals surface area contributed by atoms with Crippen LogP contribution < -0.4 is 4.48 Å². The molecule has 7 nitrogen and oxygen atoms in total. The molecular weight excluding hydrogens is 458 g/mol. The smallest absolute Gasteiger partial charge is 0.481 e. The van der Waals surface area contributed by atoms with Crippen LogP contribution in [0.25, 0.3) is 0 Å². The number of benzene rings is 2. The van der Waals surface area contributed by atoms with E-state index in [1.54, 1.807) is 17.0 Å². The van der Waals surface area contributed by atoms with Crippen molar-refractivity contribution in [3.05, 3.63) is 65.2 Å². The number of carboxylic acids is 1. The first-order chi connectivity index (χ1) is 16.7. The average Bonchev–Trinajstić information content (AvgIpc) is 3.62. The predicted octanol–water partition coefficient (Wildman–Crippen LogP) is 4.84. The second kappa shape index (κ2) is 8.71. The van der Waals surface area contributed by atoms with Gasteiger partial charge >= 0.3 is 12.1 Å². The second-order valence-electron chi connectivity index (χ2n) is 9.80. The SMILES string of the molecule is O=C(O)CCC(=O)N(C1CC1)C1c2cc(F)c(F)cc2[N+](Cc2ccccc2)(C(=O)O)C2CCC12. The zero-order valence-electron chi connectivity index (χ0n) is 19.1. The Bertz CT molecular complexity index is 1190. The molecule has 4 atom stereocenters. The maximum absolute atomic E-state index is 14.6. The molecule has 4 unspecified atom stereocenters. The lowest BCUT2D eigenvalue weighted by atomic mass is 9.66. The summed E-state index contributed by atoms with van der Waals surface area (Å²) in [4.78, 5) is 38.9. The van der Waals surface area contributed by atoms with Crippen molar-refractivity contribution in [1.82, 2.24) is 9.38 Å². The molecule has 0 radical (unpaired) electrons. The van der Waals surface area contributed by atoms with Crippen LogP contribution in [-0.4, -0.2) is 45.2 Å². The molecule has 2 fully saturated rings. The van der Waals surface area contributed by atoms with Gasteiger partial charge in [0.25, 0.3) is 0 Å². The van der Waals surface area contributed by atoms with Crippen molar-refractivity contribution >= 4 is 23.7 Å². The van der Waals surface area contributed by atoms with Crippen LogP contribution in [0.2, 0.25) is 0 Å². The first kappa shape index (κ1) is 23.4. The molecule has 2 aromatic rings. The summed E-state index contributed by atoms with van der Waals surface area (Å²) in [5.74, 6) is -3.92. The van der Waals surface area contributed by atoms with Crippen LogP contribution in [0.15, 0.2) is 42.5 Å².